The normalized spacial score (nSPS) is 11.8. The van der Waals surface area contributed by atoms with Crippen LogP contribution in [0, 0.1) is 5.41 Å². The average Bonchev–Trinajstić information content (AvgIpc) is 3.36. The summed E-state index contributed by atoms with van der Waals surface area (Å²) in [7, 11) is 0. The van der Waals surface area contributed by atoms with Crippen molar-refractivity contribution in [2.24, 2.45) is 5.41 Å². The highest BCUT2D eigenvalue weighted by Crippen LogP contribution is 2.31. The van der Waals surface area contributed by atoms with E-state index in [9.17, 15) is 4.79 Å². The number of fused-ring (bicyclic) bond motifs is 2. The molecule has 154 valence electrons. The Morgan fingerprint density at radius 1 is 1.00 bits per heavy atom. The molecule has 5 rings (SSSR count). The van der Waals surface area contributed by atoms with Gasteiger partial charge in [-0.05, 0) is 24.3 Å². The van der Waals surface area contributed by atoms with E-state index in [2.05, 4.69) is 41.5 Å². The van der Waals surface area contributed by atoms with Gasteiger partial charge in [0.05, 0.1) is 35.0 Å². The van der Waals surface area contributed by atoms with Gasteiger partial charge in [0, 0.05) is 45.9 Å². The second-order valence-electron chi connectivity index (χ2n) is 8.51. The molecule has 5 aromatic rings. The van der Waals surface area contributed by atoms with E-state index in [0.29, 0.717) is 11.3 Å². The van der Waals surface area contributed by atoms with Gasteiger partial charge in [0.2, 0.25) is 5.91 Å². The van der Waals surface area contributed by atoms with E-state index in [4.69, 9.17) is 0 Å². The second kappa shape index (κ2) is 7.02. The van der Waals surface area contributed by atoms with Crippen molar-refractivity contribution in [2.45, 2.75) is 20.8 Å². The molecule has 0 spiro atoms. The van der Waals surface area contributed by atoms with Crippen LogP contribution in [0.2, 0.25) is 0 Å². The Bertz CT molecular complexity index is 1390. The Morgan fingerprint density at radius 3 is 2.65 bits per heavy atom. The molecule has 1 amide bonds. The van der Waals surface area contributed by atoms with E-state index in [1.807, 2.05) is 39.0 Å². The molecule has 0 radical (unpaired) electrons. The Kier molecular flexibility index (Phi) is 4.28. The summed E-state index contributed by atoms with van der Waals surface area (Å²) in [5.41, 5.74) is 5.24. The van der Waals surface area contributed by atoms with Crippen molar-refractivity contribution in [1.82, 2.24) is 30.1 Å². The van der Waals surface area contributed by atoms with Gasteiger partial charge in [0.25, 0.3) is 0 Å². The first kappa shape index (κ1) is 18.9. The first-order valence-corrected chi connectivity index (χ1v) is 9.92. The van der Waals surface area contributed by atoms with Gasteiger partial charge in [-0.1, -0.05) is 20.8 Å². The number of hydrogen-bond acceptors (Lipinski definition) is 5. The number of nitrogens with one attached hydrogen (secondary N) is 3. The van der Waals surface area contributed by atoms with Crippen molar-refractivity contribution in [3.63, 3.8) is 0 Å². The number of carbonyl (C=O) groups excluding carboxylic acids is 1. The lowest BCUT2D eigenvalue weighted by atomic mass is 9.95. The van der Waals surface area contributed by atoms with Gasteiger partial charge in [-0.2, -0.15) is 5.10 Å². The fourth-order valence-corrected chi connectivity index (χ4v) is 3.35. The maximum Gasteiger partial charge on any atom is 0.229 e. The molecule has 0 saturated carbocycles. The number of aromatic amines is 2. The van der Waals surface area contributed by atoms with Crippen LogP contribution in [0.5, 0.6) is 0 Å². The van der Waals surface area contributed by atoms with Crippen molar-refractivity contribution >= 4 is 33.5 Å². The third-order valence-corrected chi connectivity index (χ3v) is 5.11. The minimum absolute atomic E-state index is 0.0644. The number of hydrogen-bond donors (Lipinski definition) is 3. The number of H-pyrrole nitrogens is 2. The molecule has 31 heavy (non-hydrogen) atoms. The second-order valence-corrected chi connectivity index (χ2v) is 8.51. The predicted octanol–water partition coefficient (Wildman–Crippen LogP) is 4.55. The fraction of sp³-hybridized carbons (Fsp3) is 0.174. The monoisotopic (exact) mass is 411 g/mol. The molecule has 3 N–H and O–H groups in total. The predicted molar refractivity (Wildman–Crippen MR) is 120 cm³/mol. The minimum Gasteiger partial charge on any atom is -0.352 e. The van der Waals surface area contributed by atoms with Crippen LogP contribution in [-0.4, -0.2) is 36.0 Å². The van der Waals surface area contributed by atoms with Crippen LogP contribution >= 0.6 is 0 Å². The molecule has 8 heteroatoms. The SMILES string of the molecule is CC(C)(C)C(=O)Nc1cncc(-c2cnc3n[nH]c(-c4cc5ccncc5[nH]4)c3c2)c1. The molecule has 0 bridgehead atoms. The highest BCUT2D eigenvalue weighted by Gasteiger charge is 2.21. The number of aromatic nitrogens is 6. The van der Waals surface area contributed by atoms with Crippen LogP contribution < -0.4 is 5.32 Å². The summed E-state index contributed by atoms with van der Waals surface area (Å²) in [6, 6.07) is 7.94. The minimum atomic E-state index is -0.489. The average molecular weight is 411 g/mol. The van der Waals surface area contributed by atoms with Gasteiger partial charge < -0.3 is 10.3 Å². The molecule has 0 unspecified atom stereocenters. The van der Waals surface area contributed by atoms with Gasteiger partial charge >= 0.3 is 0 Å². The van der Waals surface area contributed by atoms with Crippen molar-refractivity contribution in [3.8, 4) is 22.5 Å². The number of amides is 1. The maximum atomic E-state index is 12.3. The van der Waals surface area contributed by atoms with Gasteiger partial charge in [-0.3, -0.25) is 19.9 Å². The highest BCUT2D eigenvalue weighted by atomic mass is 16.2. The summed E-state index contributed by atoms with van der Waals surface area (Å²) in [4.78, 5) is 28.7. The van der Waals surface area contributed by atoms with Crippen LogP contribution in [0.15, 0.2) is 55.2 Å². The van der Waals surface area contributed by atoms with Gasteiger partial charge in [-0.25, -0.2) is 4.98 Å². The summed E-state index contributed by atoms with van der Waals surface area (Å²) in [5.74, 6) is -0.0644. The van der Waals surface area contributed by atoms with Crippen molar-refractivity contribution in [2.75, 3.05) is 5.32 Å². The van der Waals surface area contributed by atoms with Crippen LogP contribution in [0.3, 0.4) is 0 Å². The van der Waals surface area contributed by atoms with Crippen LogP contribution in [0.25, 0.3) is 44.5 Å². The molecule has 0 saturated heterocycles. The summed E-state index contributed by atoms with van der Waals surface area (Å²) in [6.45, 7) is 5.62. The van der Waals surface area contributed by atoms with Crippen LogP contribution in [0.4, 0.5) is 5.69 Å². The maximum absolute atomic E-state index is 12.3. The van der Waals surface area contributed by atoms with E-state index in [1.165, 1.54) is 0 Å². The Hall–Kier alpha value is -4.07. The topological polar surface area (TPSA) is 112 Å². The lowest BCUT2D eigenvalue weighted by Crippen LogP contribution is -2.27. The van der Waals surface area contributed by atoms with Gasteiger partial charge in [0.1, 0.15) is 0 Å². The number of anilines is 1. The molecule has 0 aliphatic rings. The molecule has 0 aliphatic carbocycles. The number of carbonyl (C=O) groups is 1. The standard InChI is InChI=1S/C23H21N7O/c1-23(2,3)22(31)27-16-6-14(9-25-11-16)15-7-17-20(29-30-21(17)26-10-15)18-8-13-4-5-24-12-19(13)28-18/h4-12,28H,1-3H3,(H,27,31)(H,26,29,30). The molecule has 8 nitrogen and oxygen atoms in total. The number of nitrogens with zero attached hydrogens (tertiary/aromatic N) is 4. The zero-order valence-corrected chi connectivity index (χ0v) is 17.4. The third kappa shape index (κ3) is 3.52. The van der Waals surface area contributed by atoms with E-state index in [-0.39, 0.29) is 5.91 Å². The Morgan fingerprint density at radius 2 is 1.84 bits per heavy atom. The van der Waals surface area contributed by atoms with Crippen molar-refractivity contribution in [3.05, 3.63) is 55.2 Å². The molecule has 0 aromatic carbocycles. The zero-order chi connectivity index (χ0) is 21.6. The van der Waals surface area contributed by atoms with E-state index < -0.39 is 5.41 Å². The highest BCUT2D eigenvalue weighted by molar-refractivity contribution is 5.97. The first-order chi connectivity index (χ1) is 14.9. The molecule has 5 aromatic heterocycles. The molecule has 0 fully saturated rings. The van der Waals surface area contributed by atoms with Crippen LogP contribution in [-0.2, 0) is 4.79 Å². The van der Waals surface area contributed by atoms with E-state index >= 15 is 0 Å². The fourth-order valence-electron chi connectivity index (χ4n) is 3.35. The zero-order valence-electron chi connectivity index (χ0n) is 17.4. The molecule has 0 atom stereocenters. The third-order valence-electron chi connectivity index (χ3n) is 5.11. The molecule has 0 aliphatic heterocycles. The first-order valence-electron chi connectivity index (χ1n) is 9.92. The molecular formula is C23H21N7O. The van der Waals surface area contributed by atoms with Crippen molar-refractivity contribution < 1.29 is 4.79 Å². The summed E-state index contributed by atoms with van der Waals surface area (Å²) < 4.78 is 0. The van der Waals surface area contributed by atoms with Gasteiger partial charge in [0.15, 0.2) is 5.65 Å². The quantitative estimate of drug-likeness (QED) is 0.403. The Labute approximate surface area is 178 Å². The van der Waals surface area contributed by atoms with E-state index in [0.717, 1.165) is 38.8 Å². The van der Waals surface area contributed by atoms with Crippen molar-refractivity contribution in [1.29, 1.82) is 0 Å². The summed E-state index contributed by atoms with van der Waals surface area (Å²) >= 11 is 0. The summed E-state index contributed by atoms with van der Waals surface area (Å²) in [5, 5.41) is 12.3. The van der Waals surface area contributed by atoms with E-state index in [1.54, 1.807) is 31.0 Å². The molecule has 5 heterocycles. The van der Waals surface area contributed by atoms with Crippen LogP contribution in [0.1, 0.15) is 20.8 Å². The molecular weight excluding hydrogens is 390 g/mol. The van der Waals surface area contributed by atoms with Gasteiger partial charge in [-0.15, -0.1) is 0 Å². The largest absolute Gasteiger partial charge is 0.352 e. The summed E-state index contributed by atoms with van der Waals surface area (Å²) in [6.07, 6.45) is 8.71. The lowest BCUT2D eigenvalue weighted by molar-refractivity contribution is -0.123. The Balaban J connectivity index is 1.54. The number of rotatable bonds is 3. The number of pyridine rings is 3. The lowest BCUT2D eigenvalue weighted by Gasteiger charge is -2.17. The smallest absolute Gasteiger partial charge is 0.229 e.